The summed E-state index contributed by atoms with van der Waals surface area (Å²) >= 11 is 0. The molecule has 0 aromatic carbocycles. The third kappa shape index (κ3) is 3.39. The van der Waals surface area contributed by atoms with E-state index in [1.165, 1.54) is 31.2 Å². The molecule has 2 heterocycles. The van der Waals surface area contributed by atoms with E-state index in [1.54, 1.807) is 6.26 Å². The first kappa shape index (κ1) is 13.2. The summed E-state index contributed by atoms with van der Waals surface area (Å²) in [5, 5.41) is 3.57. The highest BCUT2D eigenvalue weighted by Crippen LogP contribution is 2.31. The summed E-state index contributed by atoms with van der Waals surface area (Å²) in [4.78, 5) is 2.47. The number of furan rings is 2. The minimum absolute atomic E-state index is 0.685. The van der Waals surface area contributed by atoms with Crippen LogP contribution in [0.25, 0.3) is 0 Å². The predicted octanol–water partition coefficient (Wildman–Crippen LogP) is 3.29. The van der Waals surface area contributed by atoms with Crippen LogP contribution in [-0.2, 0) is 19.6 Å². The quantitative estimate of drug-likeness (QED) is 0.808. The molecule has 0 bridgehead atoms. The van der Waals surface area contributed by atoms with Gasteiger partial charge in [0.25, 0.3) is 0 Å². The van der Waals surface area contributed by atoms with Crippen molar-refractivity contribution in [2.24, 2.45) is 0 Å². The van der Waals surface area contributed by atoms with Crippen LogP contribution in [0.2, 0.25) is 0 Å². The number of rotatable bonds is 8. The normalized spacial score (nSPS) is 18.5. The zero-order chi connectivity index (χ0) is 14.1. The molecule has 0 saturated heterocycles. The van der Waals surface area contributed by atoms with Crippen LogP contribution in [-0.4, -0.2) is 17.0 Å². The Balaban J connectivity index is 1.41. The molecular formula is C17H22N2O2. The maximum Gasteiger partial charge on any atom is 0.122 e. The number of hydrogen-bond acceptors (Lipinski definition) is 4. The Morgan fingerprint density at radius 2 is 1.95 bits per heavy atom. The molecule has 21 heavy (non-hydrogen) atoms. The van der Waals surface area contributed by atoms with E-state index >= 15 is 0 Å². The summed E-state index contributed by atoms with van der Waals surface area (Å²) in [5.41, 5.74) is 1.30. The molecule has 2 fully saturated rings. The molecule has 2 aliphatic carbocycles. The van der Waals surface area contributed by atoms with E-state index in [-0.39, 0.29) is 0 Å². The van der Waals surface area contributed by atoms with Gasteiger partial charge in [-0.1, -0.05) is 0 Å². The van der Waals surface area contributed by atoms with Crippen molar-refractivity contribution in [2.45, 2.75) is 57.4 Å². The van der Waals surface area contributed by atoms with Crippen LogP contribution in [0.5, 0.6) is 0 Å². The zero-order valence-corrected chi connectivity index (χ0v) is 12.3. The highest BCUT2D eigenvalue weighted by Gasteiger charge is 2.30. The molecule has 112 valence electrons. The van der Waals surface area contributed by atoms with Gasteiger partial charge in [-0.25, -0.2) is 0 Å². The number of nitrogens with zero attached hydrogens (tertiary/aromatic N) is 1. The second-order valence-corrected chi connectivity index (χ2v) is 6.24. The van der Waals surface area contributed by atoms with Gasteiger partial charge in [0.1, 0.15) is 11.5 Å². The van der Waals surface area contributed by atoms with Gasteiger partial charge in [-0.15, -0.1) is 0 Å². The van der Waals surface area contributed by atoms with Gasteiger partial charge in [-0.05, 0) is 43.9 Å². The van der Waals surface area contributed by atoms with E-state index in [0.717, 1.165) is 37.2 Å². The standard InChI is InChI=1S/C17H22N2O2/c1-2-16(20-8-1)11-19(15-5-6-15)12-17-13(7-9-21-17)10-18-14-3-4-14/h1-2,7-9,14-15,18H,3-6,10-12H2. The monoisotopic (exact) mass is 286 g/mol. The zero-order valence-electron chi connectivity index (χ0n) is 12.3. The fourth-order valence-corrected chi connectivity index (χ4v) is 2.75. The lowest BCUT2D eigenvalue weighted by molar-refractivity contribution is 0.207. The van der Waals surface area contributed by atoms with Crippen molar-refractivity contribution in [1.82, 2.24) is 10.2 Å². The fraction of sp³-hybridized carbons (Fsp3) is 0.529. The molecular weight excluding hydrogens is 264 g/mol. The Morgan fingerprint density at radius 3 is 2.67 bits per heavy atom. The molecule has 0 aliphatic heterocycles. The van der Waals surface area contributed by atoms with Gasteiger partial charge < -0.3 is 14.2 Å². The Bertz CT molecular complexity index is 567. The van der Waals surface area contributed by atoms with Crippen molar-refractivity contribution in [3.05, 3.63) is 47.8 Å². The highest BCUT2D eigenvalue weighted by atomic mass is 16.3. The van der Waals surface area contributed by atoms with Crippen LogP contribution in [0.4, 0.5) is 0 Å². The second-order valence-electron chi connectivity index (χ2n) is 6.24. The first-order valence-corrected chi connectivity index (χ1v) is 7.93. The molecule has 0 amide bonds. The minimum atomic E-state index is 0.685. The molecule has 1 N–H and O–H groups in total. The minimum Gasteiger partial charge on any atom is -0.468 e. The topological polar surface area (TPSA) is 41.6 Å². The second kappa shape index (κ2) is 5.70. The lowest BCUT2D eigenvalue weighted by Crippen LogP contribution is -2.25. The summed E-state index contributed by atoms with van der Waals surface area (Å²) in [6.45, 7) is 2.67. The van der Waals surface area contributed by atoms with Gasteiger partial charge in [0.2, 0.25) is 0 Å². The van der Waals surface area contributed by atoms with Crippen LogP contribution in [0.1, 0.15) is 42.8 Å². The Hall–Kier alpha value is -1.52. The molecule has 4 heteroatoms. The van der Waals surface area contributed by atoms with E-state index < -0.39 is 0 Å². The van der Waals surface area contributed by atoms with Gasteiger partial charge in [0.15, 0.2) is 0 Å². The molecule has 2 aliphatic rings. The maximum absolute atomic E-state index is 5.73. The van der Waals surface area contributed by atoms with E-state index in [9.17, 15) is 0 Å². The SMILES string of the molecule is c1coc(CN(Cc2occc2CNC2CC2)C2CC2)c1. The van der Waals surface area contributed by atoms with Crippen LogP contribution in [0, 0.1) is 0 Å². The molecule has 2 aromatic rings. The molecule has 0 spiro atoms. The number of nitrogens with one attached hydrogen (secondary N) is 1. The highest BCUT2D eigenvalue weighted by molar-refractivity contribution is 5.18. The average molecular weight is 286 g/mol. The predicted molar refractivity (Wildman–Crippen MR) is 79.5 cm³/mol. The van der Waals surface area contributed by atoms with Gasteiger partial charge in [0.05, 0.1) is 25.6 Å². The molecule has 0 radical (unpaired) electrons. The maximum atomic E-state index is 5.73. The van der Waals surface area contributed by atoms with Crippen LogP contribution < -0.4 is 5.32 Å². The molecule has 0 unspecified atom stereocenters. The molecule has 2 saturated carbocycles. The molecule has 0 atom stereocenters. The van der Waals surface area contributed by atoms with Gasteiger partial charge >= 0.3 is 0 Å². The van der Waals surface area contributed by atoms with Crippen LogP contribution >= 0.6 is 0 Å². The van der Waals surface area contributed by atoms with E-state index in [2.05, 4.69) is 16.3 Å². The largest absolute Gasteiger partial charge is 0.468 e. The first-order valence-electron chi connectivity index (χ1n) is 7.93. The van der Waals surface area contributed by atoms with Crippen molar-refractivity contribution < 1.29 is 8.83 Å². The molecule has 4 nitrogen and oxygen atoms in total. The lowest BCUT2D eigenvalue weighted by atomic mass is 10.2. The number of hydrogen-bond donors (Lipinski definition) is 1. The Morgan fingerprint density at radius 1 is 1.05 bits per heavy atom. The third-order valence-electron chi connectivity index (χ3n) is 4.35. The van der Waals surface area contributed by atoms with Crippen molar-refractivity contribution in [2.75, 3.05) is 0 Å². The smallest absolute Gasteiger partial charge is 0.122 e. The third-order valence-corrected chi connectivity index (χ3v) is 4.35. The average Bonchev–Trinajstić information content (AvgIpc) is 3.41. The lowest BCUT2D eigenvalue weighted by Gasteiger charge is -2.20. The summed E-state index contributed by atoms with van der Waals surface area (Å²) < 4.78 is 11.2. The van der Waals surface area contributed by atoms with Gasteiger partial charge in [0, 0.05) is 24.2 Å². The van der Waals surface area contributed by atoms with Gasteiger partial charge in [-0.3, -0.25) is 4.90 Å². The van der Waals surface area contributed by atoms with Crippen LogP contribution in [0.3, 0.4) is 0 Å². The molecule has 2 aromatic heterocycles. The van der Waals surface area contributed by atoms with E-state index in [0.29, 0.717) is 6.04 Å². The van der Waals surface area contributed by atoms with Crippen molar-refractivity contribution in [1.29, 1.82) is 0 Å². The summed E-state index contributed by atoms with van der Waals surface area (Å²) in [5.74, 6) is 2.13. The van der Waals surface area contributed by atoms with E-state index in [4.69, 9.17) is 8.83 Å². The van der Waals surface area contributed by atoms with Crippen LogP contribution in [0.15, 0.2) is 39.6 Å². The van der Waals surface area contributed by atoms with Crippen molar-refractivity contribution in [3.8, 4) is 0 Å². The first-order chi connectivity index (χ1) is 10.4. The Kier molecular flexibility index (Phi) is 3.57. The molecule has 4 rings (SSSR count). The van der Waals surface area contributed by atoms with Crippen molar-refractivity contribution >= 4 is 0 Å². The van der Waals surface area contributed by atoms with Gasteiger partial charge in [-0.2, -0.15) is 0 Å². The fourth-order valence-electron chi connectivity index (χ4n) is 2.75. The summed E-state index contributed by atoms with van der Waals surface area (Å²) in [7, 11) is 0. The Labute approximate surface area is 125 Å². The summed E-state index contributed by atoms with van der Waals surface area (Å²) in [6, 6.07) is 7.52. The van der Waals surface area contributed by atoms with E-state index in [1.807, 2.05) is 18.4 Å². The van der Waals surface area contributed by atoms with Crippen molar-refractivity contribution in [3.63, 3.8) is 0 Å². The summed E-state index contributed by atoms with van der Waals surface area (Å²) in [6.07, 6.45) is 8.78.